The minimum atomic E-state index is -5.70. The molecule has 1 aromatic rings. The lowest BCUT2D eigenvalue weighted by Gasteiger charge is -2.30. The van der Waals surface area contributed by atoms with Crippen molar-refractivity contribution in [2.24, 2.45) is 0 Å². The first-order valence-corrected chi connectivity index (χ1v) is 5.26. The lowest BCUT2D eigenvalue weighted by atomic mass is 9.89. The maximum absolute atomic E-state index is 12.9. The second-order valence-electron chi connectivity index (χ2n) is 4.16. The van der Waals surface area contributed by atoms with E-state index in [2.05, 4.69) is 0 Å². The third-order valence-electron chi connectivity index (χ3n) is 2.43. The molecule has 0 aliphatic rings. The van der Waals surface area contributed by atoms with E-state index in [4.69, 9.17) is 11.6 Å². The molecule has 102 valence electrons. The van der Waals surface area contributed by atoms with Gasteiger partial charge in [-0.25, -0.2) is 0 Å². The predicted octanol–water partition coefficient (Wildman–Crippen LogP) is 4.14. The molecule has 0 radical (unpaired) electrons. The molecule has 1 rings (SSSR count). The zero-order chi connectivity index (χ0) is 14.2. The first kappa shape index (κ1) is 15.2. The van der Waals surface area contributed by atoms with Crippen LogP contribution in [0.5, 0.6) is 0 Å². The summed E-state index contributed by atoms with van der Waals surface area (Å²) in [6.07, 6.45) is -7.46. The minimum Gasteiger partial charge on any atom is -0.385 e. The zero-order valence-corrected chi connectivity index (χ0v) is 9.99. The van der Waals surface area contributed by atoms with Crippen LogP contribution >= 0.6 is 11.6 Å². The quantitative estimate of drug-likeness (QED) is 0.829. The summed E-state index contributed by atoms with van der Waals surface area (Å²) >= 11 is 5.59. The highest BCUT2D eigenvalue weighted by molar-refractivity contribution is 6.30. The Morgan fingerprint density at radius 1 is 1.17 bits per heavy atom. The van der Waals surface area contributed by atoms with Gasteiger partial charge < -0.3 is 5.11 Å². The molecule has 0 fully saturated rings. The summed E-state index contributed by atoms with van der Waals surface area (Å²) in [6, 6.07) is 5.16. The summed E-state index contributed by atoms with van der Waals surface area (Å²) in [5.41, 5.74) is -2.43. The van der Waals surface area contributed by atoms with Gasteiger partial charge in [0, 0.05) is 5.02 Å². The molecule has 0 spiro atoms. The van der Waals surface area contributed by atoms with Crippen LogP contribution in [0.25, 0.3) is 0 Å². The predicted molar refractivity (Wildman–Crippen MR) is 56.6 cm³/mol. The average Bonchev–Trinajstić information content (AvgIpc) is 2.14. The number of hydrogen-bond donors (Lipinski definition) is 1. The fourth-order valence-electron chi connectivity index (χ4n) is 1.46. The molecule has 0 saturated heterocycles. The molecule has 0 bridgehead atoms. The average molecular weight is 289 g/mol. The topological polar surface area (TPSA) is 20.2 Å². The number of hydrogen-bond acceptors (Lipinski definition) is 1. The van der Waals surface area contributed by atoms with Crippen molar-refractivity contribution in [3.8, 4) is 0 Å². The van der Waals surface area contributed by atoms with Gasteiger partial charge in [-0.1, -0.05) is 23.7 Å². The van der Waals surface area contributed by atoms with Gasteiger partial charge in [-0.05, 0) is 24.6 Å². The van der Waals surface area contributed by atoms with Crippen molar-refractivity contribution in [3.63, 3.8) is 0 Å². The number of benzene rings is 1. The monoisotopic (exact) mass is 288 g/mol. The molecule has 18 heavy (non-hydrogen) atoms. The lowest BCUT2D eigenvalue weighted by molar-refractivity contribution is -0.296. The van der Waals surface area contributed by atoms with Crippen LogP contribution in [0.2, 0.25) is 5.02 Å². The Morgan fingerprint density at radius 3 is 2.17 bits per heavy atom. The van der Waals surface area contributed by atoms with Gasteiger partial charge in [0.1, 0.15) is 0 Å². The van der Waals surface area contributed by atoms with Crippen LogP contribution in [0, 0.1) is 0 Å². The molecule has 7 heteroatoms. The van der Waals surface area contributed by atoms with Gasteiger partial charge in [0.15, 0.2) is 0 Å². The van der Waals surface area contributed by atoms with Crippen molar-refractivity contribution < 1.29 is 27.1 Å². The van der Waals surface area contributed by atoms with Gasteiger partial charge in [0.2, 0.25) is 0 Å². The smallest absolute Gasteiger partial charge is 0.385 e. The minimum absolute atomic E-state index is 0.0982. The standard InChI is InChI=1S/C11H10ClF5O/c1-9(18,6-10(13,14)11(15,16)17)7-3-2-4-8(12)5-7/h2-5,18H,6H2,1H3. The van der Waals surface area contributed by atoms with E-state index in [1.54, 1.807) is 0 Å². The number of rotatable bonds is 3. The van der Waals surface area contributed by atoms with E-state index in [0.717, 1.165) is 13.0 Å². The molecule has 1 N–H and O–H groups in total. The summed E-state index contributed by atoms with van der Waals surface area (Å²) in [7, 11) is 0. The second-order valence-corrected chi connectivity index (χ2v) is 4.60. The fourth-order valence-corrected chi connectivity index (χ4v) is 1.65. The largest absolute Gasteiger partial charge is 0.453 e. The first-order chi connectivity index (χ1) is 7.96. The maximum atomic E-state index is 12.9. The highest BCUT2D eigenvalue weighted by Crippen LogP contribution is 2.43. The van der Waals surface area contributed by atoms with Crippen molar-refractivity contribution in [3.05, 3.63) is 34.9 Å². The van der Waals surface area contributed by atoms with Gasteiger partial charge in [-0.15, -0.1) is 0 Å². The van der Waals surface area contributed by atoms with Crippen molar-refractivity contribution in [1.82, 2.24) is 0 Å². The Labute approximate surface area is 105 Å². The SMILES string of the molecule is CC(O)(CC(F)(F)C(F)(F)F)c1cccc(Cl)c1. The van der Waals surface area contributed by atoms with Crippen molar-refractivity contribution in [2.45, 2.75) is 31.0 Å². The molecule has 1 aromatic carbocycles. The summed E-state index contributed by atoms with van der Waals surface area (Å²) in [5.74, 6) is -4.97. The van der Waals surface area contributed by atoms with E-state index in [1.165, 1.54) is 18.2 Å². The van der Waals surface area contributed by atoms with Gasteiger partial charge in [0.05, 0.1) is 12.0 Å². The maximum Gasteiger partial charge on any atom is 0.453 e. The van der Waals surface area contributed by atoms with Crippen LogP contribution < -0.4 is 0 Å². The van der Waals surface area contributed by atoms with Crippen LogP contribution in [-0.4, -0.2) is 17.2 Å². The van der Waals surface area contributed by atoms with Gasteiger partial charge in [0.25, 0.3) is 0 Å². The van der Waals surface area contributed by atoms with Crippen molar-refractivity contribution in [2.75, 3.05) is 0 Å². The van der Waals surface area contributed by atoms with Crippen molar-refractivity contribution in [1.29, 1.82) is 0 Å². The first-order valence-electron chi connectivity index (χ1n) is 4.89. The highest BCUT2D eigenvalue weighted by Gasteiger charge is 2.59. The van der Waals surface area contributed by atoms with Crippen LogP contribution in [0.4, 0.5) is 22.0 Å². The molecular formula is C11H10ClF5O. The molecule has 1 atom stereocenters. The second kappa shape index (κ2) is 4.66. The molecular weight excluding hydrogens is 279 g/mol. The summed E-state index contributed by atoms with van der Waals surface area (Å²) < 4.78 is 62.0. The Morgan fingerprint density at radius 2 is 1.72 bits per heavy atom. The summed E-state index contributed by atoms with van der Waals surface area (Å²) in [4.78, 5) is 0. The van der Waals surface area contributed by atoms with Crippen LogP contribution in [-0.2, 0) is 5.60 Å². The van der Waals surface area contributed by atoms with Gasteiger partial charge in [-0.2, -0.15) is 22.0 Å². The molecule has 1 unspecified atom stereocenters. The number of aliphatic hydroxyl groups is 1. The fraction of sp³-hybridized carbons (Fsp3) is 0.455. The Bertz CT molecular complexity index is 428. The molecule has 1 nitrogen and oxygen atoms in total. The highest BCUT2D eigenvalue weighted by atomic mass is 35.5. The number of alkyl halides is 5. The van der Waals surface area contributed by atoms with E-state index >= 15 is 0 Å². The van der Waals surface area contributed by atoms with Gasteiger partial charge in [-0.3, -0.25) is 0 Å². The number of halogens is 6. The molecule has 0 saturated carbocycles. The Balaban J connectivity index is 3.02. The van der Waals surface area contributed by atoms with E-state index in [9.17, 15) is 27.1 Å². The normalized spacial score (nSPS) is 16.4. The van der Waals surface area contributed by atoms with Gasteiger partial charge >= 0.3 is 12.1 Å². The third kappa shape index (κ3) is 3.32. The van der Waals surface area contributed by atoms with E-state index in [0.29, 0.717) is 0 Å². The molecule has 0 aliphatic carbocycles. The Hall–Kier alpha value is -0.880. The van der Waals surface area contributed by atoms with E-state index in [-0.39, 0.29) is 10.6 Å². The Kier molecular flexibility index (Phi) is 3.93. The van der Waals surface area contributed by atoms with E-state index in [1.807, 2.05) is 0 Å². The molecule has 0 aliphatic heterocycles. The van der Waals surface area contributed by atoms with Crippen LogP contribution in [0.1, 0.15) is 18.9 Å². The zero-order valence-electron chi connectivity index (χ0n) is 9.23. The lowest BCUT2D eigenvalue weighted by Crippen LogP contribution is -2.42. The summed E-state index contributed by atoms with van der Waals surface area (Å²) in [6.45, 7) is 0.887. The van der Waals surface area contributed by atoms with E-state index < -0.39 is 24.1 Å². The summed E-state index contributed by atoms with van der Waals surface area (Å²) in [5, 5.41) is 9.91. The van der Waals surface area contributed by atoms with Crippen LogP contribution in [0.3, 0.4) is 0 Å². The third-order valence-corrected chi connectivity index (χ3v) is 2.66. The molecule has 0 amide bonds. The molecule has 0 aromatic heterocycles. The van der Waals surface area contributed by atoms with Crippen LogP contribution in [0.15, 0.2) is 24.3 Å². The molecule has 0 heterocycles. The van der Waals surface area contributed by atoms with Crippen molar-refractivity contribution >= 4 is 11.6 Å².